The molecule has 0 aliphatic heterocycles. The number of aryl methyl sites for hydroxylation is 1. The summed E-state index contributed by atoms with van der Waals surface area (Å²) in [4.78, 5) is 31.2. The number of aliphatic hydroxyl groups is 1. The maximum atomic E-state index is 12.5. The fourth-order valence-electron chi connectivity index (χ4n) is 3.06. The minimum Gasteiger partial charge on any atom is -0.489 e. The van der Waals surface area contributed by atoms with Crippen LogP contribution in [0.1, 0.15) is 20.3 Å². The van der Waals surface area contributed by atoms with E-state index in [2.05, 4.69) is 29.1 Å². The first-order valence-corrected chi connectivity index (χ1v) is 10.6. The van der Waals surface area contributed by atoms with Crippen molar-refractivity contribution in [3.05, 3.63) is 49.1 Å². The molecule has 1 aromatic carbocycles. The van der Waals surface area contributed by atoms with Crippen LogP contribution in [0.25, 0.3) is 11.2 Å². The number of hydrogen-bond acceptors (Lipinski definition) is 6. The third kappa shape index (κ3) is 5.41. The molecule has 0 amide bonds. The van der Waals surface area contributed by atoms with Gasteiger partial charge in [0.2, 0.25) is 5.95 Å². The predicted molar refractivity (Wildman–Crippen MR) is 122 cm³/mol. The van der Waals surface area contributed by atoms with Crippen molar-refractivity contribution in [1.82, 2.24) is 19.1 Å². The van der Waals surface area contributed by atoms with Gasteiger partial charge in [-0.25, -0.2) is 4.79 Å². The van der Waals surface area contributed by atoms with Crippen LogP contribution in [-0.4, -0.2) is 43.5 Å². The number of aliphatic hydroxyl groups excluding tert-OH is 1. The third-order valence-corrected chi connectivity index (χ3v) is 5.26. The number of nitrogens with zero attached hydrogens (tertiary/aromatic N) is 3. The van der Waals surface area contributed by atoms with Crippen LogP contribution < -0.4 is 21.3 Å². The lowest BCUT2D eigenvalue weighted by Gasteiger charge is -2.16. The van der Waals surface area contributed by atoms with Crippen molar-refractivity contribution in [3.8, 4) is 5.75 Å². The first-order chi connectivity index (χ1) is 14.7. The molecule has 0 spiro atoms. The minimum absolute atomic E-state index is 0.0208. The highest BCUT2D eigenvalue weighted by Crippen LogP contribution is 2.27. The van der Waals surface area contributed by atoms with Crippen LogP contribution in [0.4, 0.5) is 5.95 Å². The minimum atomic E-state index is -0.980. The Labute approximate surface area is 188 Å². The van der Waals surface area contributed by atoms with Gasteiger partial charge in [-0.15, -0.1) is 0 Å². The zero-order valence-electron chi connectivity index (χ0n) is 17.5. The van der Waals surface area contributed by atoms with Crippen LogP contribution in [-0.2, 0) is 13.6 Å². The average molecular weight is 470 g/mol. The quantitative estimate of drug-likeness (QED) is 0.443. The molecule has 3 N–H and O–H groups in total. The highest BCUT2D eigenvalue weighted by Gasteiger charge is 2.20. The van der Waals surface area contributed by atoms with Crippen LogP contribution in [0, 0.1) is 5.92 Å². The summed E-state index contributed by atoms with van der Waals surface area (Å²) < 4.78 is 8.43. The second kappa shape index (κ2) is 9.76. The second-order valence-corrected chi connectivity index (χ2v) is 8.53. The molecule has 0 radical (unpaired) electrons. The van der Waals surface area contributed by atoms with Crippen LogP contribution in [0.5, 0.6) is 5.75 Å². The molecule has 11 heteroatoms. The van der Waals surface area contributed by atoms with Gasteiger partial charge in [0.05, 0.1) is 11.6 Å². The van der Waals surface area contributed by atoms with Gasteiger partial charge in [-0.1, -0.05) is 37.0 Å². The second-order valence-electron chi connectivity index (χ2n) is 7.69. The van der Waals surface area contributed by atoms with Gasteiger partial charge < -0.3 is 19.7 Å². The van der Waals surface area contributed by atoms with E-state index in [4.69, 9.17) is 27.9 Å². The van der Waals surface area contributed by atoms with Crippen molar-refractivity contribution in [2.45, 2.75) is 32.9 Å². The normalized spacial score (nSPS) is 12.5. The fourth-order valence-corrected chi connectivity index (χ4v) is 3.52. The Bertz CT molecular complexity index is 1180. The largest absolute Gasteiger partial charge is 0.489 e. The molecule has 0 fully saturated rings. The topological polar surface area (TPSA) is 114 Å². The van der Waals surface area contributed by atoms with E-state index in [9.17, 15) is 14.7 Å². The number of halogens is 2. The molecule has 1 atom stereocenters. The number of hydrogen-bond donors (Lipinski definition) is 3. The molecular formula is C20H25Cl2N5O4. The number of ether oxygens (including phenoxy) is 1. The Morgan fingerprint density at radius 3 is 2.71 bits per heavy atom. The summed E-state index contributed by atoms with van der Waals surface area (Å²) in [7, 11) is 1.53. The van der Waals surface area contributed by atoms with E-state index in [1.807, 2.05) is 0 Å². The molecular weight excluding hydrogens is 445 g/mol. The highest BCUT2D eigenvalue weighted by molar-refractivity contribution is 6.35. The van der Waals surface area contributed by atoms with E-state index in [1.54, 1.807) is 22.8 Å². The zero-order chi connectivity index (χ0) is 22.7. The fraction of sp³-hybridized carbons (Fsp3) is 0.450. The molecule has 0 saturated carbocycles. The number of aromatic nitrogens is 4. The molecule has 0 aliphatic carbocycles. The lowest BCUT2D eigenvalue weighted by molar-refractivity contribution is 0.0939. The Balaban J connectivity index is 1.86. The van der Waals surface area contributed by atoms with Crippen molar-refractivity contribution in [2.75, 3.05) is 18.5 Å². The third-order valence-electron chi connectivity index (χ3n) is 4.73. The van der Waals surface area contributed by atoms with E-state index in [0.29, 0.717) is 34.2 Å². The van der Waals surface area contributed by atoms with Gasteiger partial charge in [0.1, 0.15) is 18.5 Å². The monoisotopic (exact) mass is 469 g/mol. The molecule has 0 aliphatic rings. The molecule has 2 aromatic heterocycles. The molecule has 3 aromatic rings. The summed E-state index contributed by atoms with van der Waals surface area (Å²) in [5, 5.41) is 14.6. The summed E-state index contributed by atoms with van der Waals surface area (Å²) in [6.07, 6.45) is -0.0920. The van der Waals surface area contributed by atoms with Crippen molar-refractivity contribution >= 4 is 40.3 Å². The van der Waals surface area contributed by atoms with Crippen molar-refractivity contribution in [2.24, 2.45) is 13.0 Å². The van der Waals surface area contributed by atoms with E-state index < -0.39 is 17.4 Å². The highest BCUT2D eigenvalue weighted by atomic mass is 35.5. The van der Waals surface area contributed by atoms with Crippen LogP contribution in [0.15, 0.2) is 27.8 Å². The summed E-state index contributed by atoms with van der Waals surface area (Å²) in [6.45, 7) is 4.77. The maximum absolute atomic E-state index is 12.5. The van der Waals surface area contributed by atoms with E-state index in [-0.39, 0.29) is 24.3 Å². The molecule has 9 nitrogen and oxygen atoms in total. The summed E-state index contributed by atoms with van der Waals surface area (Å²) in [6, 6.07) is 4.80. The lowest BCUT2D eigenvalue weighted by atomic mass is 10.1. The van der Waals surface area contributed by atoms with E-state index in [0.717, 1.165) is 6.42 Å². The Morgan fingerprint density at radius 2 is 2.03 bits per heavy atom. The number of benzene rings is 1. The summed E-state index contributed by atoms with van der Waals surface area (Å²) in [5.74, 6) is 1.25. The number of nitrogens with one attached hydrogen (secondary N) is 2. The van der Waals surface area contributed by atoms with Crippen LogP contribution in [0.2, 0.25) is 10.0 Å². The van der Waals surface area contributed by atoms with Gasteiger partial charge in [0, 0.05) is 18.6 Å². The number of imidazole rings is 1. The predicted octanol–water partition coefficient (Wildman–Crippen LogP) is 2.63. The summed E-state index contributed by atoms with van der Waals surface area (Å²) >= 11 is 12.0. The van der Waals surface area contributed by atoms with Gasteiger partial charge >= 0.3 is 5.69 Å². The smallest absolute Gasteiger partial charge is 0.329 e. The molecule has 2 heterocycles. The Kier molecular flexibility index (Phi) is 7.30. The molecule has 168 valence electrons. The van der Waals surface area contributed by atoms with E-state index >= 15 is 0 Å². The lowest BCUT2D eigenvalue weighted by Crippen LogP contribution is -2.31. The number of rotatable bonds is 9. The zero-order valence-corrected chi connectivity index (χ0v) is 19.0. The van der Waals surface area contributed by atoms with Gasteiger partial charge in [0.15, 0.2) is 11.2 Å². The van der Waals surface area contributed by atoms with Gasteiger partial charge in [-0.2, -0.15) is 4.98 Å². The number of aromatic amines is 1. The average Bonchev–Trinajstić information content (AvgIpc) is 3.04. The summed E-state index contributed by atoms with van der Waals surface area (Å²) in [5.41, 5.74) is -0.708. The van der Waals surface area contributed by atoms with E-state index in [1.165, 1.54) is 11.6 Å². The number of fused-ring (bicyclic) bond motifs is 1. The van der Waals surface area contributed by atoms with Crippen molar-refractivity contribution < 1.29 is 9.84 Å². The first-order valence-electron chi connectivity index (χ1n) is 9.86. The first kappa shape index (κ1) is 23.2. The van der Waals surface area contributed by atoms with Crippen LogP contribution >= 0.6 is 23.2 Å². The maximum Gasteiger partial charge on any atom is 0.329 e. The van der Waals surface area contributed by atoms with Gasteiger partial charge in [0.25, 0.3) is 5.56 Å². The number of H-pyrrole nitrogens is 1. The SMILES string of the molecule is CC(C)CCNc1nc2c(c(=O)[nH]c(=O)n2C)n1C[C@H](O)COc1ccc(Cl)cc1Cl. The molecule has 3 rings (SSSR count). The molecule has 0 unspecified atom stereocenters. The number of anilines is 1. The standard InChI is InChI=1S/C20H25Cl2N5O4/c1-11(2)6-7-23-19-24-17-16(18(29)25-20(30)26(17)3)27(19)9-13(28)10-31-15-5-4-12(21)8-14(15)22/h4-5,8,11,13,28H,6-7,9-10H2,1-3H3,(H,23,24)(H,25,29,30)/t13-/m0/s1. The molecule has 0 saturated heterocycles. The Morgan fingerprint density at radius 1 is 1.29 bits per heavy atom. The van der Waals surface area contributed by atoms with Crippen molar-refractivity contribution in [3.63, 3.8) is 0 Å². The van der Waals surface area contributed by atoms with Crippen molar-refractivity contribution in [1.29, 1.82) is 0 Å². The molecule has 31 heavy (non-hydrogen) atoms. The van der Waals surface area contributed by atoms with Gasteiger partial charge in [-0.05, 0) is 30.5 Å². The van der Waals surface area contributed by atoms with Crippen LogP contribution in [0.3, 0.4) is 0 Å². The Hall–Kier alpha value is -2.49. The molecule has 0 bridgehead atoms. The van der Waals surface area contributed by atoms with Gasteiger partial charge in [-0.3, -0.25) is 14.3 Å².